The summed E-state index contributed by atoms with van der Waals surface area (Å²) < 4.78 is 32.2. The Morgan fingerprint density at radius 2 is 2.11 bits per heavy atom. The number of halogens is 1. The molecule has 0 saturated carbocycles. The molecule has 1 atom stereocenters. The second kappa shape index (κ2) is 6.65. The number of rotatable bonds is 6. The van der Waals surface area contributed by atoms with Gasteiger partial charge in [-0.1, -0.05) is 22.0 Å². The highest BCUT2D eigenvalue weighted by Gasteiger charge is 2.20. The lowest BCUT2D eigenvalue weighted by atomic mass is 10.1. The van der Waals surface area contributed by atoms with Gasteiger partial charge in [0.2, 0.25) is 10.0 Å². The summed E-state index contributed by atoms with van der Waals surface area (Å²) in [5.74, 6) is 0. The lowest BCUT2D eigenvalue weighted by Gasteiger charge is -2.14. The average Bonchev–Trinajstić information content (AvgIpc) is 2.28. The van der Waals surface area contributed by atoms with E-state index in [1.807, 2.05) is 25.1 Å². The number of aryl methyl sites for hydroxylation is 1. The average molecular weight is 336 g/mol. The van der Waals surface area contributed by atoms with E-state index in [9.17, 15) is 8.42 Å². The summed E-state index contributed by atoms with van der Waals surface area (Å²) in [5.41, 5.74) is 2.01. The first-order chi connectivity index (χ1) is 8.36. The van der Waals surface area contributed by atoms with Crippen molar-refractivity contribution in [1.29, 1.82) is 0 Å². The number of sulfonamides is 1. The zero-order chi connectivity index (χ0) is 13.8. The summed E-state index contributed by atoms with van der Waals surface area (Å²) in [6.45, 7) is 4.07. The number of methoxy groups -OCH3 is 1. The predicted molar refractivity (Wildman–Crippen MR) is 76.0 cm³/mol. The van der Waals surface area contributed by atoms with Crippen molar-refractivity contribution in [1.82, 2.24) is 4.72 Å². The largest absolute Gasteiger partial charge is 0.383 e. The molecule has 0 radical (unpaired) electrons. The van der Waals surface area contributed by atoms with E-state index in [1.165, 1.54) is 7.11 Å². The molecule has 18 heavy (non-hydrogen) atoms. The van der Waals surface area contributed by atoms with E-state index in [2.05, 4.69) is 20.7 Å². The van der Waals surface area contributed by atoms with Crippen molar-refractivity contribution >= 4 is 26.0 Å². The molecule has 0 aliphatic carbocycles. The van der Waals surface area contributed by atoms with E-state index in [1.54, 1.807) is 6.92 Å². The van der Waals surface area contributed by atoms with Crippen LogP contribution in [0, 0.1) is 6.92 Å². The second-order valence-corrected chi connectivity index (χ2v) is 7.30. The van der Waals surface area contributed by atoms with Gasteiger partial charge in [-0.05, 0) is 37.1 Å². The Balaban J connectivity index is 2.70. The van der Waals surface area contributed by atoms with E-state index in [0.29, 0.717) is 6.54 Å². The molecule has 0 aromatic heterocycles. The fourth-order valence-electron chi connectivity index (χ4n) is 1.50. The molecule has 102 valence electrons. The van der Waals surface area contributed by atoms with Gasteiger partial charge in [-0.3, -0.25) is 0 Å². The molecule has 0 aliphatic rings. The molecule has 1 N–H and O–H groups in total. The first-order valence-electron chi connectivity index (χ1n) is 5.59. The van der Waals surface area contributed by atoms with Crippen molar-refractivity contribution in [2.45, 2.75) is 25.6 Å². The smallest absolute Gasteiger partial charge is 0.216 e. The van der Waals surface area contributed by atoms with Crippen LogP contribution in [0.4, 0.5) is 0 Å². The monoisotopic (exact) mass is 335 g/mol. The van der Waals surface area contributed by atoms with Crippen molar-refractivity contribution in [3.05, 3.63) is 33.8 Å². The van der Waals surface area contributed by atoms with Gasteiger partial charge in [0.1, 0.15) is 0 Å². The van der Waals surface area contributed by atoms with Crippen LogP contribution in [-0.4, -0.2) is 27.4 Å². The third kappa shape index (κ3) is 4.35. The van der Waals surface area contributed by atoms with Crippen LogP contribution >= 0.6 is 15.9 Å². The minimum absolute atomic E-state index is 0.189. The summed E-state index contributed by atoms with van der Waals surface area (Å²) in [7, 11) is -1.84. The SMILES string of the molecule is COC[C@@H](C)S(=O)(=O)NCc1ccc(Br)cc1C. The van der Waals surface area contributed by atoms with Crippen LogP contribution in [-0.2, 0) is 21.3 Å². The van der Waals surface area contributed by atoms with Crippen molar-refractivity contribution < 1.29 is 13.2 Å². The van der Waals surface area contributed by atoms with Crippen LogP contribution in [0.15, 0.2) is 22.7 Å². The number of hydrogen-bond donors (Lipinski definition) is 1. The van der Waals surface area contributed by atoms with Gasteiger partial charge in [0.25, 0.3) is 0 Å². The van der Waals surface area contributed by atoms with Gasteiger partial charge in [-0.2, -0.15) is 0 Å². The fraction of sp³-hybridized carbons (Fsp3) is 0.500. The van der Waals surface area contributed by atoms with Crippen LogP contribution in [0.5, 0.6) is 0 Å². The molecule has 0 aliphatic heterocycles. The number of hydrogen-bond acceptors (Lipinski definition) is 3. The summed E-state index contributed by atoms with van der Waals surface area (Å²) in [6, 6.07) is 5.76. The minimum Gasteiger partial charge on any atom is -0.383 e. The zero-order valence-electron chi connectivity index (χ0n) is 10.7. The minimum atomic E-state index is -3.33. The van der Waals surface area contributed by atoms with Crippen molar-refractivity contribution in [3.63, 3.8) is 0 Å². The Labute approximate surface area is 117 Å². The maximum absolute atomic E-state index is 11.9. The zero-order valence-corrected chi connectivity index (χ0v) is 13.1. The van der Waals surface area contributed by atoms with Crippen LogP contribution in [0.3, 0.4) is 0 Å². The van der Waals surface area contributed by atoms with Gasteiger partial charge in [0.15, 0.2) is 0 Å². The van der Waals surface area contributed by atoms with Gasteiger partial charge >= 0.3 is 0 Å². The van der Waals surface area contributed by atoms with Crippen molar-refractivity contribution in [2.75, 3.05) is 13.7 Å². The molecule has 0 spiro atoms. The highest BCUT2D eigenvalue weighted by Crippen LogP contribution is 2.16. The van der Waals surface area contributed by atoms with Crippen molar-refractivity contribution in [2.24, 2.45) is 0 Å². The lowest BCUT2D eigenvalue weighted by Crippen LogP contribution is -2.34. The summed E-state index contributed by atoms with van der Waals surface area (Å²) in [6.07, 6.45) is 0. The molecule has 1 aromatic rings. The molecule has 0 bridgehead atoms. The topological polar surface area (TPSA) is 55.4 Å². The predicted octanol–water partition coefficient (Wildman–Crippen LogP) is 2.21. The fourth-order valence-corrected chi connectivity index (χ4v) is 2.93. The highest BCUT2D eigenvalue weighted by molar-refractivity contribution is 9.10. The van der Waals surface area contributed by atoms with E-state index in [0.717, 1.165) is 15.6 Å². The van der Waals surface area contributed by atoms with Crippen molar-refractivity contribution in [3.8, 4) is 0 Å². The number of ether oxygens (including phenoxy) is 1. The molecule has 0 fully saturated rings. The Morgan fingerprint density at radius 1 is 1.44 bits per heavy atom. The molecule has 1 aromatic carbocycles. The highest BCUT2D eigenvalue weighted by atomic mass is 79.9. The van der Waals surface area contributed by atoms with Crippen LogP contribution in [0.2, 0.25) is 0 Å². The van der Waals surface area contributed by atoms with Crippen LogP contribution < -0.4 is 4.72 Å². The lowest BCUT2D eigenvalue weighted by molar-refractivity contribution is 0.200. The van der Waals surface area contributed by atoms with E-state index in [-0.39, 0.29) is 6.61 Å². The summed E-state index contributed by atoms with van der Waals surface area (Å²) >= 11 is 3.38. The Morgan fingerprint density at radius 3 is 2.67 bits per heavy atom. The Hall–Kier alpha value is -0.430. The summed E-state index contributed by atoms with van der Waals surface area (Å²) in [4.78, 5) is 0. The second-order valence-electron chi connectivity index (χ2n) is 4.20. The molecule has 4 nitrogen and oxygen atoms in total. The number of nitrogens with one attached hydrogen (secondary N) is 1. The maximum Gasteiger partial charge on any atom is 0.216 e. The molecule has 0 saturated heterocycles. The van der Waals surface area contributed by atoms with Gasteiger partial charge in [0, 0.05) is 18.1 Å². The molecular formula is C12H18BrNO3S. The first kappa shape index (κ1) is 15.6. The third-order valence-corrected chi connectivity index (χ3v) is 4.94. The van der Waals surface area contributed by atoms with Gasteiger partial charge in [-0.25, -0.2) is 13.1 Å². The van der Waals surface area contributed by atoms with E-state index in [4.69, 9.17) is 4.74 Å². The summed E-state index contributed by atoms with van der Waals surface area (Å²) in [5, 5.41) is -0.557. The van der Waals surface area contributed by atoms with Gasteiger partial charge in [0.05, 0.1) is 11.9 Å². The molecule has 0 heterocycles. The third-order valence-electron chi connectivity index (χ3n) is 2.70. The van der Waals surface area contributed by atoms with Gasteiger partial charge < -0.3 is 4.74 Å². The Kier molecular flexibility index (Phi) is 5.78. The maximum atomic E-state index is 11.9. The Bertz CT molecular complexity index is 502. The van der Waals surface area contributed by atoms with E-state index < -0.39 is 15.3 Å². The quantitative estimate of drug-likeness (QED) is 0.867. The normalized spacial score (nSPS) is 13.6. The van der Waals surface area contributed by atoms with E-state index >= 15 is 0 Å². The molecule has 6 heteroatoms. The molecule has 0 amide bonds. The first-order valence-corrected chi connectivity index (χ1v) is 7.93. The van der Waals surface area contributed by atoms with Gasteiger partial charge in [-0.15, -0.1) is 0 Å². The standard InChI is InChI=1S/C12H18BrNO3S/c1-9-6-12(13)5-4-11(9)7-14-18(15,16)10(2)8-17-3/h4-6,10,14H,7-8H2,1-3H3/t10-/m1/s1. The number of benzene rings is 1. The van der Waals surface area contributed by atoms with Crippen LogP contribution in [0.25, 0.3) is 0 Å². The molecular weight excluding hydrogens is 318 g/mol. The van der Waals surface area contributed by atoms with Crippen LogP contribution in [0.1, 0.15) is 18.1 Å². The molecule has 0 unspecified atom stereocenters. The molecule has 1 rings (SSSR count).